The number of benzene rings is 1. The molecule has 0 saturated carbocycles. The number of nitrogens with one attached hydrogen (secondary N) is 2. The number of anilines is 1. The van der Waals surface area contributed by atoms with Crippen LogP contribution in [-0.2, 0) is 11.0 Å². The third-order valence-electron chi connectivity index (χ3n) is 4.19. The van der Waals surface area contributed by atoms with Gasteiger partial charge < -0.3 is 5.32 Å². The van der Waals surface area contributed by atoms with Crippen LogP contribution in [0.1, 0.15) is 16.7 Å². The van der Waals surface area contributed by atoms with E-state index in [9.17, 15) is 22.8 Å². The molecule has 3 rings (SSSR count). The zero-order valence-electron chi connectivity index (χ0n) is 15.7. The van der Waals surface area contributed by atoms with Crippen LogP contribution in [0.15, 0.2) is 35.6 Å². The van der Waals surface area contributed by atoms with Crippen molar-refractivity contribution in [1.82, 2.24) is 19.9 Å². The maximum Gasteiger partial charge on any atom is 0.417 e. The fourth-order valence-electron chi connectivity index (χ4n) is 2.52. The molecule has 0 saturated heterocycles. The third-order valence-corrected chi connectivity index (χ3v) is 5.42. The molecule has 12 heteroatoms. The number of hydrogen-bond donors (Lipinski definition) is 2. The molecule has 2 heterocycles. The summed E-state index contributed by atoms with van der Waals surface area (Å²) in [6.07, 6.45) is -3.80. The molecule has 1 aromatic carbocycles. The standard InChI is InChI=1S/C18H15ClF3N5O2S/c1-9-4-3-5-13(10(9)2)23-16(29)24-14(28)8-30-17-26-25-15-12(19)6-11(7-27(15)17)18(20,21)22/h3-7H,8H2,1-2H3,(H2,23,24,28,29). The zero-order chi connectivity index (χ0) is 22.1. The van der Waals surface area contributed by atoms with Gasteiger partial charge in [-0.15, -0.1) is 10.2 Å². The Morgan fingerprint density at radius 2 is 1.97 bits per heavy atom. The third kappa shape index (κ3) is 4.85. The van der Waals surface area contributed by atoms with Crippen LogP contribution < -0.4 is 10.6 Å². The van der Waals surface area contributed by atoms with Crippen molar-refractivity contribution in [2.24, 2.45) is 0 Å². The Morgan fingerprint density at radius 3 is 2.67 bits per heavy atom. The first-order valence-electron chi connectivity index (χ1n) is 8.47. The Kier molecular flexibility index (Phi) is 6.22. The normalized spacial score (nSPS) is 11.5. The number of hydrogen-bond acceptors (Lipinski definition) is 5. The summed E-state index contributed by atoms with van der Waals surface area (Å²) in [5.41, 5.74) is 1.46. The van der Waals surface area contributed by atoms with Crippen molar-refractivity contribution in [2.45, 2.75) is 25.2 Å². The number of carbonyl (C=O) groups excluding carboxylic acids is 2. The average molecular weight is 458 g/mol. The lowest BCUT2D eigenvalue weighted by Crippen LogP contribution is -2.35. The molecule has 0 atom stereocenters. The van der Waals surface area contributed by atoms with Crippen LogP contribution in [0.3, 0.4) is 0 Å². The van der Waals surface area contributed by atoms with E-state index in [0.29, 0.717) is 5.69 Å². The molecule has 7 nitrogen and oxygen atoms in total. The van der Waals surface area contributed by atoms with Crippen LogP contribution in [0.2, 0.25) is 5.02 Å². The van der Waals surface area contributed by atoms with Gasteiger partial charge in [0, 0.05) is 11.9 Å². The van der Waals surface area contributed by atoms with Crippen molar-refractivity contribution in [1.29, 1.82) is 0 Å². The van der Waals surface area contributed by atoms with Gasteiger partial charge >= 0.3 is 12.2 Å². The van der Waals surface area contributed by atoms with Crippen molar-refractivity contribution in [3.05, 3.63) is 52.2 Å². The zero-order valence-corrected chi connectivity index (χ0v) is 17.2. The molecule has 2 aromatic heterocycles. The predicted molar refractivity (Wildman–Crippen MR) is 107 cm³/mol. The molecular weight excluding hydrogens is 443 g/mol. The van der Waals surface area contributed by atoms with Crippen molar-refractivity contribution in [2.75, 3.05) is 11.1 Å². The minimum atomic E-state index is -4.60. The molecule has 0 fully saturated rings. The molecule has 3 aromatic rings. The largest absolute Gasteiger partial charge is 0.417 e. The molecule has 3 amide bonds. The molecule has 0 aliphatic heterocycles. The summed E-state index contributed by atoms with van der Waals surface area (Å²) in [6.45, 7) is 3.72. The van der Waals surface area contributed by atoms with Crippen LogP contribution in [0, 0.1) is 13.8 Å². The minimum Gasteiger partial charge on any atom is -0.307 e. The molecule has 2 N–H and O–H groups in total. The molecular formula is C18H15ClF3N5O2S. The van der Waals surface area contributed by atoms with Crippen LogP contribution in [0.25, 0.3) is 5.65 Å². The second kappa shape index (κ2) is 8.52. The number of amides is 3. The van der Waals surface area contributed by atoms with Gasteiger partial charge in [0.25, 0.3) is 0 Å². The van der Waals surface area contributed by atoms with Gasteiger partial charge in [0.15, 0.2) is 10.8 Å². The first-order valence-corrected chi connectivity index (χ1v) is 9.84. The highest BCUT2D eigenvalue weighted by Gasteiger charge is 2.32. The molecule has 0 bridgehead atoms. The second-order valence-corrected chi connectivity index (χ2v) is 7.64. The van der Waals surface area contributed by atoms with E-state index in [2.05, 4.69) is 20.8 Å². The van der Waals surface area contributed by atoms with Crippen LogP contribution in [0.5, 0.6) is 0 Å². The maximum atomic E-state index is 13.0. The number of thioether (sulfide) groups is 1. The van der Waals surface area contributed by atoms with Crippen molar-refractivity contribution in [3.8, 4) is 0 Å². The van der Waals surface area contributed by atoms with Gasteiger partial charge in [-0.1, -0.05) is 35.5 Å². The fourth-order valence-corrected chi connectivity index (χ4v) is 3.48. The summed E-state index contributed by atoms with van der Waals surface area (Å²) >= 11 is 6.67. The molecule has 30 heavy (non-hydrogen) atoms. The van der Waals surface area contributed by atoms with E-state index in [4.69, 9.17) is 11.6 Å². The number of nitrogens with zero attached hydrogens (tertiary/aromatic N) is 3. The van der Waals surface area contributed by atoms with Crippen LogP contribution in [0.4, 0.5) is 23.7 Å². The molecule has 158 valence electrons. The topological polar surface area (TPSA) is 88.4 Å². The van der Waals surface area contributed by atoms with E-state index < -0.39 is 23.7 Å². The highest BCUT2D eigenvalue weighted by atomic mass is 35.5. The SMILES string of the molecule is Cc1cccc(NC(=O)NC(=O)CSc2nnc3c(Cl)cc(C(F)(F)F)cn23)c1C. The number of rotatable bonds is 4. The highest BCUT2D eigenvalue weighted by molar-refractivity contribution is 7.99. The monoisotopic (exact) mass is 457 g/mol. The Hall–Kier alpha value is -2.79. The number of halogens is 4. The first-order chi connectivity index (χ1) is 14.1. The molecule has 0 aliphatic carbocycles. The Balaban J connectivity index is 1.66. The molecule has 0 radical (unpaired) electrons. The lowest BCUT2D eigenvalue weighted by Gasteiger charge is -2.11. The quantitative estimate of drug-likeness (QED) is 0.565. The van der Waals surface area contributed by atoms with Gasteiger partial charge in [-0.2, -0.15) is 13.2 Å². The number of aromatic nitrogens is 3. The van der Waals surface area contributed by atoms with Crippen molar-refractivity contribution in [3.63, 3.8) is 0 Å². The van der Waals surface area contributed by atoms with Crippen LogP contribution in [-0.4, -0.2) is 32.3 Å². The highest BCUT2D eigenvalue weighted by Crippen LogP contribution is 2.33. The lowest BCUT2D eigenvalue weighted by molar-refractivity contribution is -0.137. The predicted octanol–water partition coefficient (Wildman–Crippen LogP) is 4.46. The number of alkyl halides is 3. The summed E-state index contributed by atoms with van der Waals surface area (Å²) < 4.78 is 40.0. The minimum absolute atomic E-state index is 0.0280. The fraction of sp³-hybridized carbons (Fsp3) is 0.222. The number of imide groups is 1. The second-order valence-electron chi connectivity index (χ2n) is 6.29. The summed E-state index contributed by atoms with van der Waals surface area (Å²) in [7, 11) is 0. The van der Waals surface area contributed by atoms with E-state index >= 15 is 0 Å². The maximum absolute atomic E-state index is 13.0. The summed E-state index contributed by atoms with van der Waals surface area (Å²) in [4.78, 5) is 24.1. The van der Waals surface area contributed by atoms with E-state index in [-0.39, 0.29) is 21.6 Å². The first kappa shape index (κ1) is 21.9. The van der Waals surface area contributed by atoms with Gasteiger partial charge in [-0.05, 0) is 37.1 Å². The van der Waals surface area contributed by atoms with Gasteiger partial charge in [0.2, 0.25) is 5.91 Å². The van der Waals surface area contributed by atoms with E-state index in [1.807, 2.05) is 19.9 Å². The number of pyridine rings is 1. The molecule has 0 aliphatic rings. The number of aryl methyl sites for hydroxylation is 1. The number of fused-ring (bicyclic) bond motifs is 1. The van der Waals surface area contributed by atoms with E-state index in [0.717, 1.165) is 39.6 Å². The molecule has 0 unspecified atom stereocenters. The van der Waals surface area contributed by atoms with E-state index in [1.54, 1.807) is 12.1 Å². The number of urea groups is 1. The Labute approximate surface area is 178 Å². The van der Waals surface area contributed by atoms with Gasteiger partial charge in [0.05, 0.1) is 16.3 Å². The summed E-state index contributed by atoms with van der Waals surface area (Å²) in [5, 5.41) is 12.0. The average Bonchev–Trinajstić information content (AvgIpc) is 3.07. The number of carbonyl (C=O) groups is 2. The molecule has 0 spiro atoms. The smallest absolute Gasteiger partial charge is 0.307 e. The lowest BCUT2D eigenvalue weighted by atomic mass is 10.1. The van der Waals surface area contributed by atoms with Crippen molar-refractivity contribution < 1.29 is 22.8 Å². The van der Waals surface area contributed by atoms with Gasteiger partial charge in [0.1, 0.15) is 0 Å². The Bertz CT molecular complexity index is 1130. The van der Waals surface area contributed by atoms with Crippen molar-refractivity contribution >= 4 is 46.6 Å². The van der Waals surface area contributed by atoms with Gasteiger partial charge in [-0.3, -0.25) is 14.5 Å². The van der Waals surface area contributed by atoms with Gasteiger partial charge in [-0.25, -0.2) is 4.79 Å². The van der Waals surface area contributed by atoms with Crippen LogP contribution >= 0.6 is 23.4 Å². The summed E-state index contributed by atoms with van der Waals surface area (Å²) in [5.74, 6) is -0.924. The summed E-state index contributed by atoms with van der Waals surface area (Å²) in [6, 6.07) is 5.39. The van der Waals surface area contributed by atoms with E-state index in [1.165, 1.54) is 0 Å². The Morgan fingerprint density at radius 1 is 1.23 bits per heavy atom.